The van der Waals surface area contributed by atoms with E-state index in [1.807, 2.05) is 0 Å². The predicted molar refractivity (Wildman–Crippen MR) is 65.2 cm³/mol. The van der Waals surface area contributed by atoms with Gasteiger partial charge in [0.2, 0.25) is 0 Å². The third-order valence-electron chi connectivity index (χ3n) is 2.51. The molecule has 0 saturated carbocycles. The molecule has 0 bridgehead atoms. The molecule has 4 N–H and O–H groups in total. The SMILES string of the molecule is COC1=NC2=NC=NC2(CNCC(=O)O)C(N)=N1. The Bertz CT molecular complexity index is 495. The first-order valence-electron chi connectivity index (χ1n) is 5.10. The molecule has 0 aromatic heterocycles. The molecular formula is C9H12N6O3. The number of amidine groups is 3. The van der Waals surface area contributed by atoms with Crippen LogP contribution in [0.3, 0.4) is 0 Å². The fourth-order valence-corrected chi connectivity index (χ4v) is 1.62. The summed E-state index contributed by atoms with van der Waals surface area (Å²) in [6.45, 7) is -0.0524. The molecule has 9 nitrogen and oxygen atoms in total. The topological polar surface area (TPSA) is 134 Å². The van der Waals surface area contributed by atoms with Gasteiger partial charge in [0.15, 0.2) is 11.4 Å². The molecule has 96 valence electrons. The van der Waals surface area contributed by atoms with E-state index in [4.69, 9.17) is 15.6 Å². The molecule has 0 radical (unpaired) electrons. The van der Waals surface area contributed by atoms with Gasteiger partial charge in [-0.2, -0.15) is 9.98 Å². The second-order valence-electron chi connectivity index (χ2n) is 3.65. The minimum atomic E-state index is -1.03. The highest BCUT2D eigenvalue weighted by Gasteiger charge is 2.45. The number of methoxy groups -OCH3 is 1. The van der Waals surface area contributed by atoms with Gasteiger partial charge in [-0.05, 0) is 0 Å². The van der Waals surface area contributed by atoms with Gasteiger partial charge in [-0.3, -0.25) is 4.79 Å². The summed E-state index contributed by atoms with van der Waals surface area (Å²) in [6.07, 6.45) is 1.32. The molecule has 9 heteroatoms. The Kier molecular flexibility index (Phi) is 3.06. The van der Waals surface area contributed by atoms with E-state index in [2.05, 4.69) is 25.3 Å². The molecule has 0 saturated heterocycles. The smallest absolute Gasteiger partial charge is 0.319 e. The van der Waals surface area contributed by atoms with E-state index in [1.54, 1.807) is 0 Å². The van der Waals surface area contributed by atoms with Crippen molar-refractivity contribution in [1.82, 2.24) is 5.32 Å². The number of hydrogen-bond donors (Lipinski definition) is 3. The number of carbonyl (C=O) groups is 1. The Hall–Kier alpha value is -2.29. The van der Waals surface area contributed by atoms with Crippen molar-refractivity contribution < 1.29 is 14.6 Å². The van der Waals surface area contributed by atoms with E-state index in [0.29, 0.717) is 5.84 Å². The first-order valence-corrected chi connectivity index (χ1v) is 5.10. The lowest BCUT2D eigenvalue weighted by Crippen LogP contribution is -2.56. The van der Waals surface area contributed by atoms with Crippen LogP contribution in [0.4, 0.5) is 0 Å². The fraction of sp³-hybridized carbons (Fsp3) is 0.444. The van der Waals surface area contributed by atoms with Crippen molar-refractivity contribution in [3.63, 3.8) is 0 Å². The minimum Gasteiger partial charge on any atom is -0.480 e. The summed E-state index contributed by atoms with van der Waals surface area (Å²) < 4.78 is 4.89. The molecule has 1 atom stereocenters. The molecule has 1 unspecified atom stereocenters. The number of nitrogens with one attached hydrogen (secondary N) is 1. The normalized spacial score (nSPS) is 25.1. The Morgan fingerprint density at radius 1 is 1.61 bits per heavy atom. The number of fused-ring (bicyclic) bond motifs is 1. The van der Waals surface area contributed by atoms with Crippen molar-refractivity contribution >= 4 is 30.0 Å². The van der Waals surface area contributed by atoms with Crippen molar-refractivity contribution in [2.75, 3.05) is 20.2 Å². The van der Waals surface area contributed by atoms with E-state index in [0.717, 1.165) is 0 Å². The molecule has 0 spiro atoms. The number of carboxylic acid groups (broad SMARTS) is 1. The molecule has 18 heavy (non-hydrogen) atoms. The Balaban J connectivity index is 2.19. The second kappa shape index (κ2) is 4.53. The average molecular weight is 252 g/mol. The minimum absolute atomic E-state index is 0.102. The number of nitrogens with zero attached hydrogens (tertiary/aromatic N) is 4. The van der Waals surface area contributed by atoms with Crippen LogP contribution in [0.1, 0.15) is 0 Å². The highest BCUT2D eigenvalue weighted by Crippen LogP contribution is 2.22. The summed E-state index contributed by atoms with van der Waals surface area (Å²) in [5.41, 5.74) is 4.81. The van der Waals surface area contributed by atoms with Gasteiger partial charge in [-0.1, -0.05) is 0 Å². The molecule has 0 aliphatic carbocycles. The number of aliphatic carboxylic acids is 1. The summed E-state index contributed by atoms with van der Waals surface area (Å²) in [5, 5.41) is 11.3. The highest BCUT2D eigenvalue weighted by molar-refractivity contribution is 6.25. The number of rotatable bonds is 4. The lowest BCUT2D eigenvalue weighted by atomic mass is 9.97. The van der Waals surface area contributed by atoms with Gasteiger partial charge in [0.25, 0.3) is 0 Å². The Labute approximate surface area is 102 Å². The van der Waals surface area contributed by atoms with Crippen LogP contribution in [0.25, 0.3) is 0 Å². The van der Waals surface area contributed by atoms with Gasteiger partial charge in [0, 0.05) is 6.54 Å². The molecule has 0 aromatic rings. The summed E-state index contributed by atoms with van der Waals surface area (Å²) in [6, 6.07) is 0.102. The van der Waals surface area contributed by atoms with E-state index in [1.165, 1.54) is 13.4 Å². The number of carboxylic acids is 1. The van der Waals surface area contributed by atoms with Crippen LogP contribution in [0.2, 0.25) is 0 Å². The van der Waals surface area contributed by atoms with Crippen molar-refractivity contribution in [2.24, 2.45) is 25.7 Å². The van der Waals surface area contributed by atoms with E-state index in [9.17, 15) is 4.79 Å². The maximum atomic E-state index is 10.5. The van der Waals surface area contributed by atoms with Gasteiger partial charge in [-0.15, -0.1) is 0 Å². The highest BCUT2D eigenvalue weighted by atomic mass is 16.5. The number of aliphatic imine (C=N–C) groups is 4. The molecular weight excluding hydrogens is 240 g/mol. The van der Waals surface area contributed by atoms with Crippen LogP contribution in [0.5, 0.6) is 0 Å². The van der Waals surface area contributed by atoms with Crippen LogP contribution in [0.15, 0.2) is 20.0 Å². The predicted octanol–water partition coefficient (Wildman–Crippen LogP) is -1.79. The second-order valence-corrected chi connectivity index (χ2v) is 3.65. The maximum Gasteiger partial charge on any atom is 0.319 e. The fourth-order valence-electron chi connectivity index (χ4n) is 1.62. The molecule has 2 aliphatic heterocycles. The zero-order valence-electron chi connectivity index (χ0n) is 9.62. The van der Waals surface area contributed by atoms with Crippen LogP contribution < -0.4 is 11.1 Å². The molecule has 0 amide bonds. The number of ether oxygens (including phenoxy) is 1. The molecule has 0 fully saturated rings. The van der Waals surface area contributed by atoms with E-state index >= 15 is 0 Å². The Morgan fingerprint density at radius 2 is 2.39 bits per heavy atom. The monoisotopic (exact) mass is 252 g/mol. The lowest BCUT2D eigenvalue weighted by molar-refractivity contribution is -0.135. The van der Waals surface area contributed by atoms with Crippen LogP contribution in [-0.2, 0) is 9.53 Å². The summed E-state index contributed by atoms with van der Waals surface area (Å²) in [4.78, 5) is 26.6. The van der Waals surface area contributed by atoms with Gasteiger partial charge in [0.05, 0.1) is 13.7 Å². The van der Waals surface area contributed by atoms with Gasteiger partial charge >= 0.3 is 12.0 Å². The number of hydrogen-bond acceptors (Lipinski definition) is 8. The maximum absolute atomic E-state index is 10.5. The lowest BCUT2D eigenvalue weighted by Gasteiger charge is -2.27. The zero-order chi connectivity index (χ0) is 13.2. The van der Waals surface area contributed by atoms with Crippen LogP contribution in [0, 0.1) is 0 Å². The van der Waals surface area contributed by atoms with Crippen LogP contribution >= 0.6 is 0 Å². The average Bonchev–Trinajstić information content (AvgIpc) is 2.73. The molecule has 2 rings (SSSR count). The van der Waals surface area contributed by atoms with Crippen molar-refractivity contribution in [2.45, 2.75) is 5.54 Å². The van der Waals surface area contributed by atoms with Crippen molar-refractivity contribution in [1.29, 1.82) is 0 Å². The first-order chi connectivity index (χ1) is 8.58. The van der Waals surface area contributed by atoms with E-state index < -0.39 is 11.5 Å². The van der Waals surface area contributed by atoms with Crippen molar-refractivity contribution in [3.8, 4) is 0 Å². The van der Waals surface area contributed by atoms with Crippen LogP contribution in [-0.4, -0.2) is 60.8 Å². The summed E-state index contributed by atoms with van der Waals surface area (Å²) in [7, 11) is 1.42. The standard InChI is InChI=1S/C9H12N6O3/c1-18-8-14-6(10)9(3-11-2-5(16)17)7(15-8)12-4-13-9/h4,11H,2-3H2,1H3,(H,16,17)(H2,10,12,13,14,15). The largest absolute Gasteiger partial charge is 0.480 e. The van der Waals surface area contributed by atoms with Gasteiger partial charge < -0.3 is 20.9 Å². The van der Waals surface area contributed by atoms with Gasteiger partial charge in [-0.25, -0.2) is 9.98 Å². The summed E-state index contributed by atoms with van der Waals surface area (Å²) >= 11 is 0. The number of nitrogens with two attached hydrogens (primary N) is 1. The van der Waals surface area contributed by atoms with Gasteiger partial charge in [0.1, 0.15) is 12.2 Å². The summed E-state index contributed by atoms with van der Waals surface area (Å²) in [5.74, 6) is -0.469. The van der Waals surface area contributed by atoms with Crippen molar-refractivity contribution in [3.05, 3.63) is 0 Å². The third-order valence-corrected chi connectivity index (χ3v) is 2.51. The Morgan fingerprint density at radius 3 is 3.06 bits per heavy atom. The molecule has 0 aromatic carbocycles. The zero-order valence-corrected chi connectivity index (χ0v) is 9.62. The first kappa shape index (κ1) is 12.2. The quantitative estimate of drug-likeness (QED) is 0.543. The van der Waals surface area contributed by atoms with E-state index in [-0.39, 0.29) is 24.9 Å². The third kappa shape index (κ3) is 1.95. The molecule has 2 aliphatic rings. The molecule has 2 heterocycles.